The van der Waals surface area contributed by atoms with E-state index < -0.39 is 6.23 Å². The van der Waals surface area contributed by atoms with Crippen LogP contribution in [0.3, 0.4) is 0 Å². The molecule has 4 aromatic rings. The molecular weight excluding hydrogens is 514 g/mol. The summed E-state index contributed by atoms with van der Waals surface area (Å²) in [6, 6.07) is 23.6. The van der Waals surface area contributed by atoms with Gasteiger partial charge in [0.05, 0.1) is 19.5 Å². The molecule has 1 aliphatic rings. The number of para-hydroxylation sites is 1. The molecule has 200 valence electrons. The molecule has 1 aliphatic heterocycles. The topological polar surface area (TPSA) is 91.1 Å². The van der Waals surface area contributed by atoms with Gasteiger partial charge >= 0.3 is 0 Å². The monoisotopic (exact) mass is 543 g/mol. The summed E-state index contributed by atoms with van der Waals surface area (Å²) in [6.07, 6.45) is -0.710. The molecule has 0 bridgehead atoms. The molecule has 0 aliphatic carbocycles. The lowest BCUT2D eigenvalue weighted by molar-refractivity contribution is -0.135. The van der Waals surface area contributed by atoms with E-state index in [0.29, 0.717) is 34.9 Å². The van der Waals surface area contributed by atoms with E-state index in [4.69, 9.17) is 14.2 Å². The summed E-state index contributed by atoms with van der Waals surface area (Å²) in [4.78, 5) is 12.4. The van der Waals surface area contributed by atoms with E-state index in [1.54, 1.807) is 19.2 Å². The standard InChI is InChI=1S/C29H29N5O4S/c1-5-37-24-16-15-22(17-25(24)36-4)28-34(20(3)35)32-26(38-28)18-39-29-31-30-27(21-13-11-19(2)12-14-21)33(29)23-9-7-6-8-10-23/h6-17,28H,5,18H2,1-4H3/t28-/m0/s1. The molecule has 5 rings (SSSR count). The Hall–Kier alpha value is -4.31. The van der Waals surface area contributed by atoms with Crippen LogP contribution in [-0.4, -0.2) is 51.0 Å². The smallest absolute Gasteiger partial charge is 0.243 e. The number of hydrazone groups is 1. The number of nitrogens with zero attached hydrogens (tertiary/aromatic N) is 5. The lowest BCUT2D eigenvalue weighted by atomic mass is 10.1. The van der Waals surface area contributed by atoms with Crippen molar-refractivity contribution in [3.63, 3.8) is 0 Å². The number of carbonyl (C=O) groups is 1. The van der Waals surface area contributed by atoms with Crippen LogP contribution in [0.5, 0.6) is 11.5 Å². The maximum atomic E-state index is 12.4. The van der Waals surface area contributed by atoms with Gasteiger partial charge in [-0.15, -0.1) is 15.3 Å². The highest BCUT2D eigenvalue weighted by atomic mass is 32.2. The van der Waals surface area contributed by atoms with Crippen LogP contribution in [0.15, 0.2) is 83.1 Å². The number of benzene rings is 3. The van der Waals surface area contributed by atoms with Crippen LogP contribution in [0, 0.1) is 6.92 Å². The molecule has 0 saturated carbocycles. The van der Waals surface area contributed by atoms with Gasteiger partial charge in [-0.1, -0.05) is 59.8 Å². The van der Waals surface area contributed by atoms with Crippen molar-refractivity contribution in [1.82, 2.24) is 19.8 Å². The Kier molecular flexibility index (Phi) is 7.83. The molecule has 10 heteroatoms. The van der Waals surface area contributed by atoms with E-state index in [2.05, 4.69) is 34.4 Å². The van der Waals surface area contributed by atoms with E-state index in [1.165, 1.54) is 29.3 Å². The highest BCUT2D eigenvalue weighted by Crippen LogP contribution is 2.36. The van der Waals surface area contributed by atoms with Gasteiger partial charge in [-0.3, -0.25) is 9.36 Å². The lowest BCUT2D eigenvalue weighted by Crippen LogP contribution is -2.25. The molecule has 0 spiro atoms. The quantitative estimate of drug-likeness (QED) is 0.253. The fraction of sp³-hybridized carbons (Fsp3) is 0.241. The largest absolute Gasteiger partial charge is 0.493 e. The Morgan fingerprint density at radius 1 is 1.03 bits per heavy atom. The number of hydrogen-bond acceptors (Lipinski definition) is 8. The summed E-state index contributed by atoms with van der Waals surface area (Å²) in [5.74, 6) is 2.45. The zero-order valence-corrected chi connectivity index (χ0v) is 23.0. The van der Waals surface area contributed by atoms with Crippen molar-refractivity contribution in [2.75, 3.05) is 19.5 Å². The van der Waals surface area contributed by atoms with Crippen LogP contribution in [0.2, 0.25) is 0 Å². The number of hydrogen-bond donors (Lipinski definition) is 0. The van der Waals surface area contributed by atoms with Crippen molar-refractivity contribution < 1.29 is 19.0 Å². The fourth-order valence-corrected chi connectivity index (χ4v) is 4.98. The van der Waals surface area contributed by atoms with Crippen LogP contribution in [0.1, 0.15) is 31.2 Å². The van der Waals surface area contributed by atoms with Crippen molar-refractivity contribution in [2.45, 2.75) is 32.2 Å². The van der Waals surface area contributed by atoms with E-state index in [9.17, 15) is 4.79 Å². The minimum absolute atomic E-state index is 0.234. The van der Waals surface area contributed by atoms with Gasteiger partial charge in [0.25, 0.3) is 0 Å². The predicted octanol–water partition coefficient (Wildman–Crippen LogP) is 5.63. The molecule has 0 fully saturated rings. The first kappa shape index (κ1) is 26.3. The fourth-order valence-electron chi connectivity index (χ4n) is 4.18. The number of carbonyl (C=O) groups excluding carboxylic acids is 1. The highest BCUT2D eigenvalue weighted by Gasteiger charge is 2.33. The van der Waals surface area contributed by atoms with Crippen LogP contribution < -0.4 is 9.47 Å². The molecule has 0 unspecified atom stereocenters. The van der Waals surface area contributed by atoms with Crippen molar-refractivity contribution in [3.05, 3.63) is 83.9 Å². The minimum atomic E-state index is -0.710. The molecule has 0 saturated heterocycles. The zero-order chi connectivity index (χ0) is 27.4. The SMILES string of the molecule is CCOc1ccc([C@@H]2OC(CSc3nnc(-c4ccc(C)cc4)n3-c3ccccc3)=NN2C(C)=O)cc1OC. The van der Waals surface area contributed by atoms with E-state index >= 15 is 0 Å². The number of aryl methyl sites for hydroxylation is 1. The number of ether oxygens (including phenoxy) is 3. The number of methoxy groups -OCH3 is 1. The molecule has 1 amide bonds. The van der Waals surface area contributed by atoms with Crippen LogP contribution in [0.4, 0.5) is 0 Å². The second kappa shape index (κ2) is 11.6. The third kappa shape index (κ3) is 5.61. The number of thioether (sulfide) groups is 1. The second-order valence-electron chi connectivity index (χ2n) is 8.80. The summed E-state index contributed by atoms with van der Waals surface area (Å²) >= 11 is 1.44. The van der Waals surface area contributed by atoms with Gasteiger partial charge in [0.2, 0.25) is 18.0 Å². The van der Waals surface area contributed by atoms with Crippen molar-refractivity contribution in [1.29, 1.82) is 0 Å². The summed E-state index contributed by atoms with van der Waals surface area (Å²) in [6.45, 7) is 5.93. The Morgan fingerprint density at radius 2 is 1.79 bits per heavy atom. The molecule has 0 radical (unpaired) electrons. The Balaban J connectivity index is 1.40. The molecule has 0 N–H and O–H groups in total. The third-order valence-corrected chi connectivity index (χ3v) is 6.98. The van der Waals surface area contributed by atoms with Gasteiger partial charge in [0.1, 0.15) is 0 Å². The first-order valence-corrected chi connectivity index (χ1v) is 13.5. The number of rotatable bonds is 9. The first-order chi connectivity index (χ1) is 19.0. The van der Waals surface area contributed by atoms with E-state index in [0.717, 1.165) is 22.6 Å². The maximum Gasteiger partial charge on any atom is 0.243 e. The molecular formula is C29H29N5O4S. The van der Waals surface area contributed by atoms with Crippen molar-refractivity contribution >= 4 is 23.6 Å². The van der Waals surface area contributed by atoms with Crippen LogP contribution >= 0.6 is 11.8 Å². The Morgan fingerprint density at radius 3 is 2.49 bits per heavy atom. The Labute approximate surface area is 231 Å². The van der Waals surface area contributed by atoms with Gasteiger partial charge in [-0.05, 0) is 44.2 Å². The molecule has 1 atom stereocenters. The highest BCUT2D eigenvalue weighted by molar-refractivity contribution is 7.99. The molecule has 3 aromatic carbocycles. The summed E-state index contributed by atoms with van der Waals surface area (Å²) in [5.41, 5.74) is 3.80. The molecule has 2 heterocycles. The van der Waals surface area contributed by atoms with E-state index in [-0.39, 0.29) is 5.91 Å². The summed E-state index contributed by atoms with van der Waals surface area (Å²) in [7, 11) is 1.58. The second-order valence-corrected chi connectivity index (χ2v) is 9.75. The van der Waals surface area contributed by atoms with Gasteiger partial charge < -0.3 is 14.2 Å². The summed E-state index contributed by atoms with van der Waals surface area (Å²) in [5, 5.41) is 15.5. The van der Waals surface area contributed by atoms with Gasteiger partial charge in [-0.2, -0.15) is 5.01 Å². The molecule has 39 heavy (non-hydrogen) atoms. The van der Waals surface area contributed by atoms with E-state index in [1.807, 2.05) is 60.0 Å². The average Bonchev–Trinajstić information content (AvgIpc) is 3.58. The van der Waals surface area contributed by atoms with Crippen molar-refractivity contribution in [2.24, 2.45) is 5.10 Å². The minimum Gasteiger partial charge on any atom is -0.493 e. The van der Waals surface area contributed by atoms with Gasteiger partial charge in [-0.25, -0.2) is 0 Å². The number of amides is 1. The third-order valence-electron chi connectivity index (χ3n) is 6.07. The zero-order valence-electron chi connectivity index (χ0n) is 22.2. The molecule has 9 nitrogen and oxygen atoms in total. The number of aromatic nitrogens is 3. The molecule has 1 aromatic heterocycles. The Bertz CT molecular complexity index is 1490. The van der Waals surface area contributed by atoms with Crippen molar-refractivity contribution in [3.8, 4) is 28.6 Å². The summed E-state index contributed by atoms with van der Waals surface area (Å²) < 4.78 is 19.3. The van der Waals surface area contributed by atoms with Crippen LogP contribution in [-0.2, 0) is 9.53 Å². The predicted molar refractivity (Wildman–Crippen MR) is 150 cm³/mol. The maximum absolute atomic E-state index is 12.4. The first-order valence-electron chi connectivity index (χ1n) is 12.5. The lowest BCUT2D eigenvalue weighted by Gasteiger charge is -2.20. The average molecular weight is 544 g/mol. The van der Waals surface area contributed by atoms with Crippen LogP contribution in [0.25, 0.3) is 17.1 Å². The van der Waals surface area contributed by atoms with Gasteiger partial charge in [0.15, 0.2) is 22.5 Å². The van der Waals surface area contributed by atoms with Gasteiger partial charge in [0, 0.05) is 23.7 Å². The normalized spacial score (nSPS) is 14.6.